The van der Waals surface area contributed by atoms with Crippen LogP contribution in [0.2, 0.25) is 0 Å². The van der Waals surface area contributed by atoms with E-state index in [1.165, 1.54) is 4.90 Å². The van der Waals surface area contributed by atoms with Gasteiger partial charge in [0.2, 0.25) is 11.8 Å². The average molecular weight is 216 g/mol. The number of amides is 2. The van der Waals surface area contributed by atoms with Gasteiger partial charge in [0.15, 0.2) is 0 Å². The van der Waals surface area contributed by atoms with Gasteiger partial charge in [-0.15, -0.1) is 0 Å². The largest absolute Gasteiger partial charge is 0.409 e. The van der Waals surface area contributed by atoms with E-state index >= 15 is 0 Å². The third-order valence-electron chi connectivity index (χ3n) is 1.73. The summed E-state index contributed by atoms with van der Waals surface area (Å²) in [5.41, 5.74) is 10.2. The average Bonchev–Trinajstić information content (AvgIpc) is 2.12. The molecule has 0 unspecified atom stereocenters. The summed E-state index contributed by atoms with van der Waals surface area (Å²) in [4.78, 5) is 23.5. The Morgan fingerprint density at radius 3 is 2.27 bits per heavy atom. The summed E-state index contributed by atoms with van der Waals surface area (Å²) < 4.78 is 0. The molecule has 7 nitrogen and oxygen atoms in total. The molecule has 0 atom stereocenters. The number of oxime groups is 1. The normalized spacial score (nSPS) is 11.5. The lowest BCUT2D eigenvalue weighted by molar-refractivity contribution is -0.135. The molecule has 0 aromatic heterocycles. The summed E-state index contributed by atoms with van der Waals surface area (Å²) in [5.74, 6) is -1.20. The van der Waals surface area contributed by atoms with Crippen LogP contribution in [0.25, 0.3) is 0 Å². The Balaban J connectivity index is 4.49. The predicted molar refractivity (Wildman–Crippen MR) is 54.1 cm³/mol. The highest BCUT2D eigenvalue weighted by atomic mass is 16.4. The van der Waals surface area contributed by atoms with Crippen molar-refractivity contribution in [2.24, 2.45) is 16.6 Å². The Morgan fingerprint density at radius 1 is 1.40 bits per heavy atom. The molecule has 86 valence electrons. The molecular formula is C8H16N4O3. The zero-order valence-electron chi connectivity index (χ0n) is 8.80. The van der Waals surface area contributed by atoms with Crippen LogP contribution in [0, 0.1) is 0 Å². The highest BCUT2D eigenvalue weighted by Gasteiger charge is 2.19. The van der Waals surface area contributed by atoms with Crippen LogP contribution in [0.1, 0.15) is 20.3 Å². The smallest absolute Gasteiger partial charge is 0.237 e. The monoisotopic (exact) mass is 216 g/mol. The molecule has 15 heavy (non-hydrogen) atoms. The number of rotatable bonds is 5. The first-order valence-electron chi connectivity index (χ1n) is 4.42. The van der Waals surface area contributed by atoms with E-state index in [9.17, 15) is 9.59 Å². The lowest BCUT2D eigenvalue weighted by Gasteiger charge is -2.24. The van der Waals surface area contributed by atoms with E-state index in [0.29, 0.717) is 0 Å². The Kier molecular flexibility index (Phi) is 5.14. The van der Waals surface area contributed by atoms with Crippen LogP contribution in [-0.2, 0) is 9.59 Å². The van der Waals surface area contributed by atoms with Gasteiger partial charge in [-0.3, -0.25) is 9.59 Å². The Bertz CT molecular complexity index is 275. The van der Waals surface area contributed by atoms with Crippen molar-refractivity contribution >= 4 is 17.6 Å². The van der Waals surface area contributed by atoms with E-state index in [4.69, 9.17) is 16.7 Å². The molecule has 0 heterocycles. The van der Waals surface area contributed by atoms with Crippen LogP contribution < -0.4 is 11.5 Å². The molecule has 5 N–H and O–H groups in total. The van der Waals surface area contributed by atoms with Crippen molar-refractivity contribution in [3.63, 3.8) is 0 Å². The van der Waals surface area contributed by atoms with Crippen molar-refractivity contribution in [3.05, 3.63) is 0 Å². The van der Waals surface area contributed by atoms with Gasteiger partial charge < -0.3 is 21.6 Å². The highest BCUT2D eigenvalue weighted by molar-refractivity contribution is 5.99. The maximum atomic E-state index is 11.5. The number of carbonyl (C=O) groups is 2. The van der Waals surface area contributed by atoms with Gasteiger partial charge in [-0.25, -0.2) is 0 Å². The number of nitrogens with two attached hydrogens (primary N) is 2. The molecule has 0 aliphatic heterocycles. The molecule has 2 amide bonds. The number of amidine groups is 1. The minimum absolute atomic E-state index is 0.170. The van der Waals surface area contributed by atoms with Gasteiger partial charge in [0.05, 0.1) is 13.0 Å². The van der Waals surface area contributed by atoms with Gasteiger partial charge in [0, 0.05) is 6.04 Å². The van der Waals surface area contributed by atoms with E-state index in [1.54, 1.807) is 13.8 Å². The van der Waals surface area contributed by atoms with Gasteiger partial charge >= 0.3 is 0 Å². The molecule has 7 heteroatoms. The van der Waals surface area contributed by atoms with E-state index in [0.717, 1.165) is 0 Å². The number of carbonyl (C=O) groups excluding carboxylic acids is 2. The lowest BCUT2D eigenvalue weighted by Crippen LogP contribution is -2.44. The van der Waals surface area contributed by atoms with Crippen molar-refractivity contribution in [1.29, 1.82) is 0 Å². The Hall–Kier alpha value is -1.79. The predicted octanol–water partition coefficient (Wildman–Crippen LogP) is -1.15. The summed E-state index contributed by atoms with van der Waals surface area (Å²) in [6.45, 7) is 3.31. The molecule has 0 radical (unpaired) electrons. The minimum Gasteiger partial charge on any atom is -0.409 e. The third kappa shape index (κ3) is 4.84. The second-order valence-electron chi connectivity index (χ2n) is 3.35. The molecule has 0 aromatic rings. The summed E-state index contributed by atoms with van der Waals surface area (Å²) >= 11 is 0. The summed E-state index contributed by atoms with van der Waals surface area (Å²) in [6.07, 6.45) is -0.234. The fraction of sp³-hybridized carbons (Fsp3) is 0.625. The van der Waals surface area contributed by atoms with Crippen LogP contribution >= 0.6 is 0 Å². The van der Waals surface area contributed by atoms with Crippen molar-refractivity contribution in [3.8, 4) is 0 Å². The maximum Gasteiger partial charge on any atom is 0.237 e. The zero-order valence-corrected chi connectivity index (χ0v) is 8.80. The van der Waals surface area contributed by atoms with Crippen molar-refractivity contribution in [1.82, 2.24) is 4.90 Å². The van der Waals surface area contributed by atoms with Gasteiger partial charge in [0.1, 0.15) is 5.84 Å². The first-order valence-corrected chi connectivity index (χ1v) is 4.42. The second kappa shape index (κ2) is 5.84. The Morgan fingerprint density at radius 2 is 1.93 bits per heavy atom. The molecule has 0 aromatic carbocycles. The molecule has 0 saturated heterocycles. The van der Waals surface area contributed by atoms with E-state index in [1.807, 2.05) is 0 Å². The maximum absolute atomic E-state index is 11.5. The number of nitrogens with zero attached hydrogens (tertiary/aromatic N) is 2. The van der Waals surface area contributed by atoms with Crippen LogP contribution in [0.5, 0.6) is 0 Å². The van der Waals surface area contributed by atoms with Gasteiger partial charge in [-0.2, -0.15) is 0 Å². The van der Waals surface area contributed by atoms with Gasteiger partial charge in [-0.1, -0.05) is 5.16 Å². The topological polar surface area (TPSA) is 122 Å². The fourth-order valence-electron chi connectivity index (χ4n) is 1.02. The molecule has 0 saturated carbocycles. The Labute approximate surface area is 87.7 Å². The van der Waals surface area contributed by atoms with E-state index in [-0.39, 0.29) is 24.8 Å². The lowest BCUT2D eigenvalue weighted by atomic mass is 10.2. The zero-order chi connectivity index (χ0) is 12.0. The molecule has 0 spiro atoms. The van der Waals surface area contributed by atoms with Crippen LogP contribution in [-0.4, -0.2) is 40.3 Å². The standard InChI is InChI=1S/C8H16N4O3/c1-5(2)12(4-7(10)13)8(14)3-6(9)11-15/h5,15H,3-4H2,1-2H3,(H2,9,11)(H2,10,13). The van der Waals surface area contributed by atoms with Gasteiger partial charge in [0.25, 0.3) is 0 Å². The van der Waals surface area contributed by atoms with Crippen LogP contribution in [0.4, 0.5) is 0 Å². The van der Waals surface area contributed by atoms with Crippen LogP contribution in [0.3, 0.4) is 0 Å². The second-order valence-corrected chi connectivity index (χ2v) is 3.35. The molecule has 0 fully saturated rings. The van der Waals surface area contributed by atoms with Crippen molar-refractivity contribution in [2.75, 3.05) is 6.54 Å². The minimum atomic E-state index is -0.600. The van der Waals surface area contributed by atoms with E-state index in [2.05, 4.69) is 5.16 Å². The molecule has 0 aliphatic rings. The molecule has 0 bridgehead atoms. The number of hydrogen-bond acceptors (Lipinski definition) is 4. The quantitative estimate of drug-likeness (QED) is 0.232. The van der Waals surface area contributed by atoms with Crippen molar-refractivity contribution in [2.45, 2.75) is 26.3 Å². The summed E-state index contributed by atoms with van der Waals surface area (Å²) in [5, 5.41) is 11.0. The highest BCUT2D eigenvalue weighted by Crippen LogP contribution is 2.01. The SMILES string of the molecule is CC(C)N(CC(N)=O)C(=O)CC(N)=NO. The van der Waals surface area contributed by atoms with Crippen molar-refractivity contribution < 1.29 is 14.8 Å². The molecular weight excluding hydrogens is 200 g/mol. The first kappa shape index (κ1) is 13.2. The van der Waals surface area contributed by atoms with E-state index < -0.39 is 11.8 Å². The first-order chi connectivity index (χ1) is 6.88. The summed E-state index contributed by atoms with van der Waals surface area (Å²) in [7, 11) is 0. The number of hydrogen-bond donors (Lipinski definition) is 3. The third-order valence-corrected chi connectivity index (χ3v) is 1.73. The molecule has 0 aliphatic carbocycles. The number of primary amides is 1. The van der Waals surface area contributed by atoms with Crippen LogP contribution in [0.15, 0.2) is 5.16 Å². The molecule has 0 rings (SSSR count). The fourth-order valence-corrected chi connectivity index (χ4v) is 1.02. The van der Waals surface area contributed by atoms with Gasteiger partial charge in [-0.05, 0) is 13.8 Å². The summed E-state index contributed by atoms with van der Waals surface area (Å²) in [6, 6.07) is -0.170.